The molecule has 2 aliphatic rings. The highest BCUT2D eigenvalue weighted by Crippen LogP contribution is 2.26. The van der Waals surface area contributed by atoms with Crippen LogP contribution in [0.25, 0.3) is 0 Å². The van der Waals surface area contributed by atoms with E-state index >= 15 is 0 Å². The molecule has 102 valence electrons. The smallest absolute Gasteiger partial charge is 0.251 e. The monoisotopic (exact) mass is 281 g/mol. The summed E-state index contributed by atoms with van der Waals surface area (Å²) in [7, 11) is -2.97. The van der Waals surface area contributed by atoms with Crippen LogP contribution in [0.15, 0.2) is 18.2 Å². The molecule has 0 spiro atoms. The van der Waals surface area contributed by atoms with Gasteiger partial charge in [-0.15, -0.1) is 0 Å². The van der Waals surface area contributed by atoms with Crippen LogP contribution in [0.4, 0.5) is 0 Å². The van der Waals surface area contributed by atoms with E-state index in [9.17, 15) is 13.2 Å². The van der Waals surface area contributed by atoms with E-state index in [0.717, 1.165) is 17.7 Å². The fraction of sp³-hybridized carbons (Fsp3) is 0.462. The summed E-state index contributed by atoms with van der Waals surface area (Å²) in [6.07, 6.45) is 1.32. The predicted octanol–water partition coefficient (Wildman–Crippen LogP) is 0.538. The van der Waals surface area contributed by atoms with Gasteiger partial charge in [-0.3, -0.25) is 4.79 Å². The number of hydrogen-bond donors (Lipinski definition) is 1. The Morgan fingerprint density at radius 2 is 2.21 bits per heavy atom. The summed E-state index contributed by atoms with van der Waals surface area (Å²) in [5.41, 5.74) is 1.60. The molecule has 0 bridgehead atoms. The van der Waals surface area contributed by atoms with E-state index < -0.39 is 9.84 Å². The van der Waals surface area contributed by atoms with Crippen molar-refractivity contribution >= 4 is 15.7 Å². The minimum absolute atomic E-state index is 0.0484. The van der Waals surface area contributed by atoms with Gasteiger partial charge < -0.3 is 10.1 Å². The Morgan fingerprint density at radius 1 is 1.37 bits per heavy atom. The van der Waals surface area contributed by atoms with Crippen molar-refractivity contribution in [1.29, 1.82) is 0 Å². The molecule has 1 atom stereocenters. The van der Waals surface area contributed by atoms with Crippen LogP contribution in [0.3, 0.4) is 0 Å². The molecule has 6 heteroatoms. The van der Waals surface area contributed by atoms with Gasteiger partial charge in [-0.25, -0.2) is 8.42 Å². The lowest BCUT2D eigenvalue weighted by Gasteiger charge is -2.11. The van der Waals surface area contributed by atoms with E-state index in [2.05, 4.69) is 5.32 Å². The van der Waals surface area contributed by atoms with E-state index in [0.29, 0.717) is 18.6 Å². The molecule has 0 aromatic heterocycles. The first-order chi connectivity index (χ1) is 9.03. The summed E-state index contributed by atoms with van der Waals surface area (Å²) in [4.78, 5) is 12.1. The average molecular weight is 281 g/mol. The van der Waals surface area contributed by atoms with Crippen LogP contribution in [0.1, 0.15) is 22.3 Å². The fourth-order valence-electron chi connectivity index (χ4n) is 2.51. The first-order valence-corrected chi connectivity index (χ1v) is 8.13. The van der Waals surface area contributed by atoms with Gasteiger partial charge in [0.25, 0.3) is 5.91 Å². The van der Waals surface area contributed by atoms with E-state index in [4.69, 9.17) is 4.74 Å². The van der Waals surface area contributed by atoms with Crippen molar-refractivity contribution < 1.29 is 17.9 Å². The highest BCUT2D eigenvalue weighted by molar-refractivity contribution is 7.91. The maximum absolute atomic E-state index is 12.1. The molecule has 0 unspecified atom stereocenters. The molecular formula is C13H15NO4S. The number of nitrogens with one attached hydrogen (secondary N) is 1. The summed E-state index contributed by atoms with van der Waals surface area (Å²) in [5.74, 6) is 0.833. The number of fused-ring (bicyclic) bond motifs is 1. The normalized spacial score (nSPS) is 23.7. The number of amides is 1. The minimum Gasteiger partial charge on any atom is -0.493 e. The van der Waals surface area contributed by atoms with Crippen LogP contribution in [0, 0.1) is 0 Å². The standard InChI is InChI=1S/C13H15NO4S/c15-13(14-11-4-6-19(16,17)8-11)10-1-2-12-9(7-10)3-5-18-12/h1-2,7,11H,3-6,8H2,(H,14,15)/t11-/m1/s1. The first-order valence-electron chi connectivity index (χ1n) is 6.30. The van der Waals surface area contributed by atoms with Crippen molar-refractivity contribution in [2.75, 3.05) is 18.1 Å². The number of benzene rings is 1. The predicted molar refractivity (Wildman–Crippen MR) is 70.2 cm³/mol. The Labute approximate surface area is 111 Å². The second kappa shape index (κ2) is 4.52. The highest BCUT2D eigenvalue weighted by Gasteiger charge is 2.29. The molecule has 19 heavy (non-hydrogen) atoms. The Kier molecular flexibility index (Phi) is 2.97. The van der Waals surface area contributed by atoms with Crippen molar-refractivity contribution in [3.63, 3.8) is 0 Å². The SMILES string of the molecule is O=C(N[C@@H]1CCS(=O)(=O)C1)c1ccc2c(c1)CCO2. The van der Waals surface area contributed by atoms with E-state index in [1.54, 1.807) is 12.1 Å². The van der Waals surface area contributed by atoms with Gasteiger partial charge in [0.2, 0.25) is 0 Å². The zero-order valence-electron chi connectivity index (χ0n) is 10.4. The number of rotatable bonds is 2. The zero-order chi connectivity index (χ0) is 13.5. The third-order valence-electron chi connectivity index (χ3n) is 3.52. The molecular weight excluding hydrogens is 266 g/mol. The lowest BCUT2D eigenvalue weighted by molar-refractivity contribution is 0.0941. The highest BCUT2D eigenvalue weighted by atomic mass is 32.2. The molecule has 1 aromatic carbocycles. The average Bonchev–Trinajstić information content (AvgIpc) is 2.94. The maximum atomic E-state index is 12.1. The van der Waals surface area contributed by atoms with Crippen LogP contribution in [0.2, 0.25) is 0 Å². The van der Waals surface area contributed by atoms with Crippen molar-refractivity contribution in [2.24, 2.45) is 0 Å². The Balaban J connectivity index is 1.71. The van der Waals surface area contributed by atoms with Crippen LogP contribution in [-0.4, -0.2) is 38.5 Å². The molecule has 0 radical (unpaired) electrons. The molecule has 1 aromatic rings. The quantitative estimate of drug-likeness (QED) is 0.858. The summed E-state index contributed by atoms with van der Waals surface area (Å²) in [6, 6.07) is 5.06. The molecule has 5 nitrogen and oxygen atoms in total. The van der Waals surface area contributed by atoms with Gasteiger partial charge >= 0.3 is 0 Å². The molecule has 0 saturated carbocycles. The van der Waals surface area contributed by atoms with Crippen molar-refractivity contribution in [1.82, 2.24) is 5.32 Å². The minimum atomic E-state index is -2.97. The van der Waals surface area contributed by atoms with Gasteiger partial charge in [-0.1, -0.05) is 0 Å². The molecule has 2 heterocycles. The molecule has 1 N–H and O–H groups in total. The van der Waals surface area contributed by atoms with Gasteiger partial charge in [-0.05, 0) is 30.2 Å². The third-order valence-corrected chi connectivity index (χ3v) is 5.29. The lowest BCUT2D eigenvalue weighted by Crippen LogP contribution is -2.35. The van der Waals surface area contributed by atoms with Crippen LogP contribution >= 0.6 is 0 Å². The summed E-state index contributed by atoms with van der Waals surface area (Å²) >= 11 is 0. The summed E-state index contributed by atoms with van der Waals surface area (Å²) < 4.78 is 28.1. The number of hydrogen-bond acceptors (Lipinski definition) is 4. The zero-order valence-corrected chi connectivity index (χ0v) is 11.2. The second-order valence-corrected chi connectivity index (χ2v) is 7.22. The van der Waals surface area contributed by atoms with Crippen LogP contribution in [-0.2, 0) is 16.3 Å². The van der Waals surface area contributed by atoms with Gasteiger partial charge in [0.05, 0.1) is 18.1 Å². The molecule has 1 amide bonds. The Morgan fingerprint density at radius 3 is 2.95 bits per heavy atom. The number of ether oxygens (including phenoxy) is 1. The van der Waals surface area contributed by atoms with Gasteiger partial charge in [0, 0.05) is 18.0 Å². The van der Waals surface area contributed by atoms with Crippen molar-refractivity contribution in [2.45, 2.75) is 18.9 Å². The van der Waals surface area contributed by atoms with Crippen molar-refractivity contribution in [3.05, 3.63) is 29.3 Å². The fourth-order valence-corrected chi connectivity index (χ4v) is 4.18. The van der Waals surface area contributed by atoms with E-state index in [-0.39, 0.29) is 23.5 Å². The van der Waals surface area contributed by atoms with E-state index in [1.165, 1.54) is 0 Å². The number of carbonyl (C=O) groups is 1. The number of carbonyl (C=O) groups excluding carboxylic acids is 1. The largest absolute Gasteiger partial charge is 0.493 e. The van der Waals surface area contributed by atoms with Gasteiger partial charge in [-0.2, -0.15) is 0 Å². The first kappa shape index (κ1) is 12.5. The molecule has 1 fully saturated rings. The maximum Gasteiger partial charge on any atom is 0.251 e. The van der Waals surface area contributed by atoms with Crippen LogP contribution in [0.5, 0.6) is 5.75 Å². The van der Waals surface area contributed by atoms with Crippen LogP contribution < -0.4 is 10.1 Å². The summed E-state index contributed by atoms with van der Waals surface area (Å²) in [6.45, 7) is 0.654. The summed E-state index contributed by atoms with van der Waals surface area (Å²) in [5, 5.41) is 2.78. The van der Waals surface area contributed by atoms with Gasteiger partial charge in [0.15, 0.2) is 9.84 Å². The Bertz CT molecular complexity index is 624. The Hall–Kier alpha value is -1.56. The second-order valence-electron chi connectivity index (χ2n) is 4.99. The molecule has 2 aliphatic heterocycles. The van der Waals surface area contributed by atoms with Gasteiger partial charge in [0.1, 0.15) is 5.75 Å². The molecule has 1 saturated heterocycles. The lowest BCUT2D eigenvalue weighted by atomic mass is 10.1. The van der Waals surface area contributed by atoms with Crippen molar-refractivity contribution in [3.8, 4) is 5.75 Å². The molecule has 0 aliphatic carbocycles. The topological polar surface area (TPSA) is 72.5 Å². The van der Waals surface area contributed by atoms with E-state index in [1.807, 2.05) is 6.07 Å². The number of sulfone groups is 1. The molecule has 3 rings (SSSR count). The third kappa shape index (κ3) is 2.58.